The molecule has 0 aliphatic heterocycles. The Morgan fingerprint density at radius 2 is 1.57 bits per heavy atom. The summed E-state index contributed by atoms with van der Waals surface area (Å²) in [5, 5.41) is 26.1. The second-order valence-electron chi connectivity index (χ2n) is 9.05. The predicted molar refractivity (Wildman–Crippen MR) is 138 cm³/mol. The van der Waals surface area contributed by atoms with Crippen LogP contribution in [0.5, 0.6) is 0 Å². The fraction of sp³-hybridized carbons (Fsp3) is 0.357. The van der Waals surface area contributed by atoms with Crippen molar-refractivity contribution >= 4 is 17.5 Å². The zero-order valence-electron chi connectivity index (χ0n) is 20.6. The number of amides is 2. The SMILES string of the molecule is CNC(=O)CC(O)CC(O)CCn1cc(-c2ccccc2)c(C(=O)Nc2ccccc2)c1C(C)C. The smallest absolute Gasteiger partial charge is 0.258 e. The van der Waals surface area contributed by atoms with Crippen molar-refractivity contribution in [2.45, 2.75) is 57.8 Å². The third-order valence-corrected chi connectivity index (χ3v) is 5.96. The van der Waals surface area contributed by atoms with Crippen molar-refractivity contribution in [3.05, 3.63) is 78.1 Å². The molecule has 0 saturated heterocycles. The molecular formula is C28H35N3O4. The van der Waals surface area contributed by atoms with Gasteiger partial charge in [0.05, 0.1) is 24.2 Å². The summed E-state index contributed by atoms with van der Waals surface area (Å²) in [5.41, 5.74) is 3.99. The number of hydrogen-bond acceptors (Lipinski definition) is 4. The number of para-hydroxylation sites is 1. The first-order valence-corrected chi connectivity index (χ1v) is 12.0. The molecule has 0 spiro atoms. The van der Waals surface area contributed by atoms with Crippen molar-refractivity contribution in [3.8, 4) is 11.1 Å². The Labute approximate surface area is 206 Å². The summed E-state index contributed by atoms with van der Waals surface area (Å²) < 4.78 is 2.03. The normalized spacial score (nSPS) is 12.9. The van der Waals surface area contributed by atoms with Crippen molar-refractivity contribution in [1.29, 1.82) is 0 Å². The first-order chi connectivity index (χ1) is 16.8. The van der Waals surface area contributed by atoms with Gasteiger partial charge in [0.25, 0.3) is 5.91 Å². The highest BCUT2D eigenvalue weighted by molar-refractivity contribution is 6.10. The van der Waals surface area contributed by atoms with E-state index in [1.54, 1.807) is 0 Å². The third kappa shape index (κ3) is 7.04. The minimum atomic E-state index is -0.911. The lowest BCUT2D eigenvalue weighted by Gasteiger charge is -2.18. The lowest BCUT2D eigenvalue weighted by molar-refractivity contribution is -0.122. The van der Waals surface area contributed by atoms with Gasteiger partial charge in [-0.25, -0.2) is 0 Å². The molecular weight excluding hydrogens is 442 g/mol. The fourth-order valence-corrected chi connectivity index (χ4v) is 4.29. The number of aromatic nitrogens is 1. The standard InChI is InChI=1S/C28H35N3O4/c1-19(2)27-26(28(35)30-21-12-8-5-9-13-21)24(20-10-6-4-7-11-20)18-31(27)15-14-22(32)16-23(33)17-25(34)29-3/h4-13,18-19,22-23,32-33H,14-17H2,1-3H3,(H,29,34)(H,30,35). The van der Waals surface area contributed by atoms with Gasteiger partial charge in [-0.1, -0.05) is 62.4 Å². The Hall–Kier alpha value is -3.42. The maximum absolute atomic E-state index is 13.5. The minimum absolute atomic E-state index is 0.0454. The topological polar surface area (TPSA) is 104 Å². The van der Waals surface area contributed by atoms with Gasteiger partial charge in [-0.3, -0.25) is 9.59 Å². The van der Waals surface area contributed by atoms with Crippen molar-refractivity contribution in [3.63, 3.8) is 0 Å². The number of carbonyl (C=O) groups excluding carboxylic acids is 2. The van der Waals surface area contributed by atoms with Gasteiger partial charge in [0, 0.05) is 36.7 Å². The van der Waals surface area contributed by atoms with E-state index in [9.17, 15) is 19.8 Å². The maximum atomic E-state index is 13.5. The van der Waals surface area contributed by atoms with Crippen LogP contribution < -0.4 is 10.6 Å². The van der Waals surface area contributed by atoms with E-state index in [1.807, 2.05) is 85.3 Å². The van der Waals surface area contributed by atoms with Crippen LogP contribution >= 0.6 is 0 Å². The Morgan fingerprint density at radius 3 is 2.17 bits per heavy atom. The molecule has 186 valence electrons. The summed E-state index contributed by atoms with van der Waals surface area (Å²) in [6.07, 6.45) is 0.727. The number of aliphatic hydroxyl groups excluding tert-OH is 2. The zero-order chi connectivity index (χ0) is 25.4. The number of rotatable bonds is 11. The molecule has 1 heterocycles. The van der Waals surface area contributed by atoms with E-state index >= 15 is 0 Å². The van der Waals surface area contributed by atoms with E-state index in [-0.39, 0.29) is 30.6 Å². The first kappa shape index (κ1) is 26.2. The van der Waals surface area contributed by atoms with Crippen LogP contribution in [0.3, 0.4) is 0 Å². The van der Waals surface area contributed by atoms with Gasteiger partial charge in [-0.05, 0) is 36.5 Å². The lowest BCUT2D eigenvalue weighted by atomic mass is 9.97. The molecule has 2 atom stereocenters. The summed E-state index contributed by atoms with van der Waals surface area (Å²) in [6, 6.07) is 19.1. The molecule has 0 saturated carbocycles. The largest absolute Gasteiger partial charge is 0.393 e. The Bertz CT molecular complexity index is 1110. The molecule has 0 aliphatic carbocycles. The molecule has 2 amide bonds. The van der Waals surface area contributed by atoms with Crippen LogP contribution in [-0.4, -0.2) is 45.9 Å². The van der Waals surface area contributed by atoms with Crippen molar-refractivity contribution in [2.24, 2.45) is 0 Å². The molecule has 2 unspecified atom stereocenters. The van der Waals surface area contributed by atoms with Crippen LogP contribution in [0.2, 0.25) is 0 Å². The number of anilines is 1. The summed E-state index contributed by atoms with van der Waals surface area (Å²) >= 11 is 0. The van der Waals surface area contributed by atoms with Crippen LogP contribution in [-0.2, 0) is 11.3 Å². The third-order valence-electron chi connectivity index (χ3n) is 5.96. The first-order valence-electron chi connectivity index (χ1n) is 12.0. The van der Waals surface area contributed by atoms with Crippen molar-refractivity contribution in [1.82, 2.24) is 9.88 Å². The van der Waals surface area contributed by atoms with Gasteiger partial charge < -0.3 is 25.4 Å². The molecule has 0 aliphatic rings. The number of benzene rings is 2. The van der Waals surface area contributed by atoms with Crippen molar-refractivity contribution < 1.29 is 19.8 Å². The molecule has 1 aromatic heterocycles. The van der Waals surface area contributed by atoms with E-state index in [0.29, 0.717) is 18.5 Å². The highest BCUT2D eigenvalue weighted by Gasteiger charge is 2.25. The molecule has 35 heavy (non-hydrogen) atoms. The monoisotopic (exact) mass is 477 g/mol. The molecule has 7 heteroatoms. The fourth-order valence-electron chi connectivity index (χ4n) is 4.29. The lowest BCUT2D eigenvalue weighted by Crippen LogP contribution is -2.27. The van der Waals surface area contributed by atoms with E-state index < -0.39 is 12.2 Å². The molecule has 4 N–H and O–H groups in total. The molecule has 0 radical (unpaired) electrons. The summed E-state index contributed by atoms with van der Waals surface area (Å²) in [4.78, 5) is 25.0. The van der Waals surface area contributed by atoms with Crippen LogP contribution in [0.1, 0.15) is 55.1 Å². The number of aliphatic hydroxyl groups is 2. The Morgan fingerprint density at radius 1 is 0.943 bits per heavy atom. The van der Waals surface area contributed by atoms with Crippen molar-refractivity contribution in [2.75, 3.05) is 12.4 Å². The molecule has 3 aromatic rings. The van der Waals surface area contributed by atoms with Gasteiger partial charge in [0.2, 0.25) is 5.91 Å². The van der Waals surface area contributed by atoms with E-state index in [4.69, 9.17) is 0 Å². The minimum Gasteiger partial charge on any atom is -0.393 e. The highest BCUT2D eigenvalue weighted by atomic mass is 16.3. The molecule has 7 nitrogen and oxygen atoms in total. The Balaban J connectivity index is 1.89. The van der Waals surface area contributed by atoms with Gasteiger partial charge in [0.15, 0.2) is 0 Å². The average molecular weight is 478 g/mol. The van der Waals surface area contributed by atoms with E-state index in [1.165, 1.54) is 7.05 Å². The second-order valence-corrected chi connectivity index (χ2v) is 9.05. The molecule has 2 aromatic carbocycles. The number of nitrogens with one attached hydrogen (secondary N) is 2. The summed E-state index contributed by atoms with van der Waals surface area (Å²) in [5.74, 6) is -0.391. The summed E-state index contributed by atoms with van der Waals surface area (Å²) in [6.45, 7) is 4.56. The number of carbonyl (C=O) groups is 2. The van der Waals surface area contributed by atoms with Crippen LogP contribution in [0.4, 0.5) is 5.69 Å². The highest BCUT2D eigenvalue weighted by Crippen LogP contribution is 2.33. The molecule has 0 bridgehead atoms. The van der Waals surface area contributed by atoms with E-state index in [2.05, 4.69) is 10.6 Å². The number of nitrogens with zero attached hydrogens (tertiary/aromatic N) is 1. The number of aryl methyl sites for hydroxylation is 1. The van der Waals surface area contributed by atoms with Gasteiger partial charge in [0.1, 0.15) is 0 Å². The zero-order valence-corrected chi connectivity index (χ0v) is 20.6. The van der Waals surface area contributed by atoms with Gasteiger partial charge in [-0.2, -0.15) is 0 Å². The van der Waals surface area contributed by atoms with Gasteiger partial charge >= 0.3 is 0 Å². The summed E-state index contributed by atoms with van der Waals surface area (Å²) in [7, 11) is 1.51. The molecule has 0 fully saturated rings. The predicted octanol–water partition coefficient (Wildman–Crippen LogP) is 4.17. The maximum Gasteiger partial charge on any atom is 0.258 e. The average Bonchev–Trinajstić information content (AvgIpc) is 3.24. The second kappa shape index (κ2) is 12.3. The Kier molecular flexibility index (Phi) is 9.23. The van der Waals surface area contributed by atoms with Crippen LogP contribution in [0, 0.1) is 0 Å². The van der Waals surface area contributed by atoms with Crippen LogP contribution in [0.15, 0.2) is 66.9 Å². The van der Waals surface area contributed by atoms with E-state index in [0.717, 1.165) is 22.5 Å². The van der Waals surface area contributed by atoms with Gasteiger partial charge in [-0.15, -0.1) is 0 Å². The number of hydrogen-bond donors (Lipinski definition) is 4. The van der Waals surface area contributed by atoms with Crippen LogP contribution in [0.25, 0.3) is 11.1 Å². The molecule has 3 rings (SSSR count). The quantitative estimate of drug-likeness (QED) is 0.333.